The molecule has 0 amide bonds. The third kappa shape index (κ3) is 1.97. The van der Waals surface area contributed by atoms with Crippen LogP contribution >= 0.6 is 0 Å². The monoisotopic (exact) mass is 137 g/mol. The Morgan fingerprint density at radius 3 is 3.10 bits per heavy atom. The molecule has 0 aliphatic rings. The van der Waals surface area contributed by atoms with E-state index in [0.717, 1.165) is 18.7 Å². The summed E-state index contributed by atoms with van der Waals surface area (Å²) in [6.45, 7) is 3.56. The van der Waals surface area contributed by atoms with Crippen LogP contribution in [-0.2, 0) is 6.42 Å². The molecule has 0 aliphatic carbocycles. The van der Waals surface area contributed by atoms with Crippen molar-refractivity contribution in [3.8, 4) is 0 Å². The van der Waals surface area contributed by atoms with Gasteiger partial charge in [0.05, 0.1) is 0 Å². The molecule has 0 aromatic carbocycles. The van der Waals surface area contributed by atoms with Gasteiger partial charge in [0.25, 0.3) is 0 Å². The van der Waals surface area contributed by atoms with E-state index in [0.29, 0.717) is 0 Å². The Balaban J connectivity index is 2.28. The van der Waals surface area contributed by atoms with E-state index < -0.39 is 0 Å². The standard InChI is InChI=1S/C6H9N4/c1-2-3-4-5-6-7-9-10-8-6/h2-3H,1,4-5H2,(H,7,8,9,10). The van der Waals surface area contributed by atoms with Crippen LogP contribution in [0.15, 0.2) is 12.2 Å². The Labute approximate surface area is 59.3 Å². The maximum absolute atomic E-state index is 3.72. The number of hydrogen-bond donors (Lipinski definition) is 1. The fraction of sp³-hybridized carbons (Fsp3) is 0.333. The highest BCUT2D eigenvalue weighted by Gasteiger charge is 1.91. The minimum atomic E-state index is 0.818. The lowest BCUT2D eigenvalue weighted by atomic mass is 10.3. The van der Waals surface area contributed by atoms with Gasteiger partial charge in [-0.1, -0.05) is 12.2 Å². The van der Waals surface area contributed by atoms with Crippen molar-refractivity contribution >= 4 is 0 Å². The van der Waals surface area contributed by atoms with Crippen LogP contribution in [0.3, 0.4) is 0 Å². The third-order valence-corrected chi connectivity index (χ3v) is 1.10. The average Bonchev–Trinajstić information content (AvgIpc) is 2.41. The molecule has 1 rings (SSSR count). The van der Waals surface area contributed by atoms with Crippen molar-refractivity contribution in [2.24, 2.45) is 0 Å². The number of rotatable bonds is 3. The summed E-state index contributed by atoms with van der Waals surface area (Å²) in [5, 5.41) is 13.3. The lowest BCUT2D eigenvalue weighted by Gasteiger charge is -1.85. The summed E-state index contributed by atoms with van der Waals surface area (Å²) < 4.78 is 0. The van der Waals surface area contributed by atoms with Gasteiger partial charge in [-0.15, -0.1) is 5.10 Å². The Hall–Kier alpha value is -1.19. The molecule has 4 nitrogen and oxygen atoms in total. The zero-order valence-electron chi connectivity index (χ0n) is 5.62. The lowest BCUT2D eigenvalue weighted by molar-refractivity contribution is 0.881. The average molecular weight is 137 g/mol. The predicted octanol–water partition coefficient (Wildman–Crippen LogP) is 0.523. The highest BCUT2D eigenvalue weighted by atomic mass is 15.5. The zero-order chi connectivity index (χ0) is 7.23. The molecule has 0 fully saturated rings. The van der Waals surface area contributed by atoms with E-state index >= 15 is 0 Å². The van der Waals surface area contributed by atoms with Crippen LogP contribution in [0.25, 0.3) is 0 Å². The van der Waals surface area contributed by atoms with Gasteiger partial charge in [-0.2, -0.15) is 0 Å². The van der Waals surface area contributed by atoms with Crippen molar-refractivity contribution < 1.29 is 0 Å². The van der Waals surface area contributed by atoms with E-state index in [2.05, 4.69) is 27.5 Å². The van der Waals surface area contributed by atoms with Crippen LogP contribution in [-0.4, -0.2) is 20.6 Å². The second kappa shape index (κ2) is 3.76. The highest BCUT2D eigenvalue weighted by Crippen LogP contribution is 1.92. The number of aromatic nitrogens is 4. The van der Waals surface area contributed by atoms with Crippen LogP contribution in [0.4, 0.5) is 0 Å². The first-order valence-electron chi connectivity index (χ1n) is 3.10. The molecule has 1 aromatic rings. The minimum absolute atomic E-state index is 0.818. The Morgan fingerprint density at radius 2 is 2.50 bits per heavy atom. The van der Waals surface area contributed by atoms with Gasteiger partial charge in [-0.25, -0.2) is 5.10 Å². The summed E-state index contributed by atoms with van der Waals surface area (Å²) in [6.07, 6.45) is 5.52. The molecular formula is C6H9N4. The van der Waals surface area contributed by atoms with Crippen LogP contribution in [0.5, 0.6) is 0 Å². The van der Waals surface area contributed by atoms with Gasteiger partial charge < -0.3 is 0 Å². The van der Waals surface area contributed by atoms with Gasteiger partial charge in [-0.05, 0) is 23.8 Å². The molecule has 0 atom stereocenters. The maximum Gasteiger partial charge on any atom is 0.148 e. The van der Waals surface area contributed by atoms with Crippen LogP contribution in [0.2, 0.25) is 0 Å². The Morgan fingerprint density at radius 1 is 1.60 bits per heavy atom. The second-order valence-corrected chi connectivity index (χ2v) is 1.86. The number of H-pyrrole nitrogens is 1. The van der Waals surface area contributed by atoms with E-state index in [-0.39, 0.29) is 0 Å². The number of nitrogens with zero attached hydrogens (tertiary/aromatic N) is 3. The molecule has 1 aromatic heterocycles. The molecule has 0 saturated heterocycles. The number of aromatic amines is 1. The van der Waals surface area contributed by atoms with Crippen LogP contribution in [0, 0.1) is 6.92 Å². The molecule has 0 unspecified atom stereocenters. The molecule has 0 bridgehead atoms. The smallest absolute Gasteiger partial charge is 0.148 e. The topological polar surface area (TPSA) is 54.5 Å². The molecule has 1 N–H and O–H groups in total. The first-order valence-corrected chi connectivity index (χ1v) is 3.10. The van der Waals surface area contributed by atoms with Crippen LogP contribution in [0.1, 0.15) is 12.2 Å². The second-order valence-electron chi connectivity index (χ2n) is 1.86. The van der Waals surface area contributed by atoms with Gasteiger partial charge in [0, 0.05) is 6.42 Å². The summed E-state index contributed by atoms with van der Waals surface area (Å²) >= 11 is 0. The number of allylic oxidation sites excluding steroid dienone is 2. The zero-order valence-corrected chi connectivity index (χ0v) is 5.62. The molecule has 53 valence electrons. The molecule has 1 heterocycles. The summed E-state index contributed by atoms with van der Waals surface area (Å²) in [5.74, 6) is 0.818. The van der Waals surface area contributed by atoms with Gasteiger partial charge in [-0.3, -0.25) is 0 Å². The third-order valence-electron chi connectivity index (χ3n) is 1.10. The lowest BCUT2D eigenvalue weighted by Crippen LogP contribution is -1.85. The van der Waals surface area contributed by atoms with Crippen molar-refractivity contribution in [2.75, 3.05) is 0 Å². The fourth-order valence-electron chi connectivity index (χ4n) is 0.623. The minimum Gasteiger partial charge on any atom is -0.243 e. The van der Waals surface area contributed by atoms with E-state index in [1.807, 2.05) is 6.08 Å². The number of nitrogens with one attached hydrogen (secondary N) is 1. The van der Waals surface area contributed by atoms with Crippen molar-refractivity contribution in [1.29, 1.82) is 0 Å². The maximum atomic E-state index is 3.72. The Bertz CT molecular complexity index is 190. The predicted molar refractivity (Wildman–Crippen MR) is 37.0 cm³/mol. The summed E-state index contributed by atoms with van der Waals surface area (Å²) in [5.41, 5.74) is 0. The summed E-state index contributed by atoms with van der Waals surface area (Å²) in [4.78, 5) is 0. The van der Waals surface area contributed by atoms with Gasteiger partial charge in [0.1, 0.15) is 5.82 Å². The normalized spacial score (nSPS) is 10.9. The van der Waals surface area contributed by atoms with Crippen LogP contribution < -0.4 is 0 Å². The number of aryl methyl sites for hydroxylation is 1. The molecule has 0 saturated carbocycles. The molecule has 0 spiro atoms. The quantitative estimate of drug-likeness (QED) is 0.660. The highest BCUT2D eigenvalue weighted by molar-refractivity contribution is 4.87. The van der Waals surface area contributed by atoms with E-state index in [9.17, 15) is 0 Å². The van der Waals surface area contributed by atoms with E-state index in [4.69, 9.17) is 0 Å². The Kier molecular flexibility index (Phi) is 2.61. The van der Waals surface area contributed by atoms with Gasteiger partial charge >= 0.3 is 0 Å². The van der Waals surface area contributed by atoms with Crippen molar-refractivity contribution in [3.63, 3.8) is 0 Å². The number of tetrazole rings is 1. The first-order chi connectivity index (χ1) is 4.93. The van der Waals surface area contributed by atoms with Crippen molar-refractivity contribution in [3.05, 3.63) is 24.9 Å². The van der Waals surface area contributed by atoms with Gasteiger partial charge in [0.15, 0.2) is 0 Å². The first kappa shape index (κ1) is 6.92. The molecule has 10 heavy (non-hydrogen) atoms. The number of hydrogen-bond acceptors (Lipinski definition) is 3. The summed E-state index contributed by atoms with van der Waals surface area (Å²) in [7, 11) is 0. The summed E-state index contributed by atoms with van der Waals surface area (Å²) in [6, 6.07) is 0. The molecular weight excluding hydrogens is 128 g/mol. The largest absolute Gasteiger partial charge is 0.243 e. The van der Waals surface area contributed by atoms with E-state index in [1.165, 1.54) is 0 Å². The molecule has 0 aliphatic heterocycles. The molecule has 1 radical (unpaired) electrons. The fourth-order valence-corrected chi connectivity index (χ4v) is 0.623. The van der Waals surface area contributed by atoms with E-state index in [1.54, 1.807) is 6.08 Å². The van der Waals surface area contributed by atoms with Crippen molar-refractivity contribution in [1.82, 2.24) is 20.6 Å². The van der Waals surface area contributed by atoms with Crippen molar-refractivity contribution in [2.45, 2.75) is 12.8 Å². The molecule has 4 heteroatoms. The van der Waals surface area contributed by atoms with Gasteiger partial charge in [0.2, 0.25) is 0 Å². The SMILES string of the molecule is [CH2]C=CCCc1nnn[nH]1.